The van der Waals surface area contributed by atoms with Gasteiger partial charge in [0, 0.05) is 13.2 Å². The molecule has 0 aliphatic rings. The average Bonchev–Trinajstić information content (AvgIpc) is 2.53. The van der Waals surface area contributed by atoms with Gasteiger partial charge in [-0.3, -0.25) is 4.79 Å². The lowest BCUT2D eigenvalue weighted by atomic mass is 10.1. The van der Waals surface area contributed by atoms with Crippen LogP contribution in [-0.4, -0.2) is 37.1 Å². The van der Waals surface area contributed by atoms with Crippen molar-refractivity contribution in [1.82, 2.24) is 15.3 Å². The molecule has 2 rings (SSSR count). The topological polar surface area (TPSA) is 99.4 Å². The van der Waals surface area contributed by atoms with Crippen LogP contribution in [0.15, 0.2) is 24.4 Å². The van der Waals surface area contributed by atoms with Crippen molar-refractivity contribution < 1.29 is 14.3 Å². The van der Waals surface area contributed by atoms with Gasteiger partial charge in [-0.15, -0.1) is 0 Å². The number of anilines is 1. The van der Waals surface area contributed by atoms with E-state index in [9.17, 15) is 4.79 Å². The number of rotatable bonds is 4. The van der Waals surface area contributed by atoms with Crippen LogP contribution in [0.2, 0.25) is 0 Å². The first kappa shape index (κ1) is 14.6. The zero-order valence-electron chi connectivity index (χ0n) is 12.0. The number of nitrogen functional groups attached to an aromatic ring is 1. The molecule has 1 amide bonds. The molecule has 0 bridgehead atoms. The summed E-state index contributed by atoms with van der Waals surface area (Å²) in [5.41, 5.74) is 6.67. The van der Waals surface area contributed by atoms with Gasteiger partial charge in [0.05, 0.1) is 25.3 Å². The fraction of sp³-hybridized carbons (Fsp3) is 0.214. The van der Waals surface area contributed by atoms with E-state index in [1.54, 1.807) is 32.4 Å². The number of nitrogens with two attached hydrogens (primary N) is 1. The molecule has 0 aliphatic heterocycles. The Balaban J connectivity index is 2.52. The van der Waals surface area contributed by atoms with Crippen LogP contribution in [0.4, 0.5) is 5.82 Å². The van der Waals surface area contributed by atoms with Crippen molar-refractivity contribution in [3.63, 3.8) is 0 Å². The summed E-state index contributed by atoms with van der Waals surface area (Å²) in [4.78, 5) is 19.9. The Kier molecular flexibility index (Phi) is 4.22. The minimum Gasteiger partial charge on any atom is -0.497 e. The van der Waals surface area contributed by atoms with E-state index >= 15 is 0 Å². The molecule has 1 aromatic carbocycles. The van der Waals surface area contributed by atoms with E-state index in [0.717, 1.165) is 0 Å². The van der Waals surface area contributed by atoms with Gasteiger partial charge in [0.25, 0.3) is 5.91 Å². The second kappa shape index (κ2) is 6.08. The van der Waals surface area contributed by atoms with E-state index in [1.165, 1.54) is 13.2 Å². The van der Waals surface area contributed by atoms with Crippen molar-refractivity contribution in [3.8, 4) is 22.9 Å². The molecule has 0 aliphatic carbocycles. The van der Waals surface area contributed by atoms with Crippen LogP contribution >= 0.6 is 0 Å². The number of nitrogens with zero attached hydrogens (tertiary/aromatic N) is 2. The van der Waals surface area contributed by atoms with Crippen molar-refractivity contribution in [2.24, 2.45) is 0 Å². The number of carbonyl (C=O) groups is 1. The number of hydrogen-bond acceptors (Lipinski definition) is 6. The Labute approximate surface area is 122 Å². The van der Waals surface area contributed by atoms with Gasteiger partial charge in [0.2, 0.25) is 0 Å². The fourth-order valence-corrected chi connectivity index (χ4v) is 1.82. The van der Waals surface area contributed by atoms with Crippen LogP contribution in [0.25, 0.3) is 11.4 Å². The quantitative estimate of drug-likeness (QED) is 0.874. The second-order valence-electron chi connectivity index (χ2n) is 4.14. The van der Waals surface area contributed by atoms with Crippen LogP contribution in [0.3, 0.4) is 0 Å². The third kappa shape index (κ3) is 2.86. The van der Waals surface area contributed by atoms with Gasteiger partial charge in [-0.2, -0.15) is 0 Å². The summed E-state index contributed by atoms with van der Waals surface area (Å²) in [7, 11) is 4.63. The largest absolute Gasteiger partial charge is 0.497 e. The first-order chi connectivity index (χ1) is 10.1. The minimum absolute atomic E-state index is 0.101. The first-order valence-corrected chi connectivity index (χ1v) is 6.17. The highest BCUT2D eigenvalue weighted by molar-refractivity contribution is 5.98. The number of ether oxygens (including phenoxy) is 2. The van der Waals surface area contributed by atoms with Crippen molar-refractivity contribution in [2.75, 3.05) is 27.0 Å². The highest BCUT2D eigenvalue weighted by Gasteiger charge is 2.15. The van der Waals surface area contributed by atoms with Gasteiger partial charge in [0.1, 0.15) is 17.3 Å². The molecule has 110 valence electrons. The summed E-state index contributed by atoms with van der Waals surface area (Å²) in [6.45, 7) is 0. The molecular formula is C14H16N4O3. The van der Waals surface area contributed by atoms with Crippen LogP contribution in [-0.2, 0) is 0 Å². The molecule has 0 saturated carbocycles. The Morgan fingerprint density at radius 1 is 1.29 bits per heavy atom. The Morgan fingerprint density at radius 2 is 2.05 bits per heavy atom. The molecule has 1 heterocycles. The van der Waals surface area contributed by atoms with Gasteiger partial charge in [0.15, 0.2) is 5.82 Å². The number of hydrogen-bond donors (Lipinski definition) is 2. The summed E-state index contributed by atoms with van der Waals surface area (Å²) >= 11 is 0. The van der Waals surface area contributed by atoms with Crippen LogP contribution in [0.1, 0.15) is 10.4 Å². The van der Waals surface area contributed by atoms with Gasteiger partial charge in [-0.25, -0.2) is 9.97 Å². The van der Waals surface area contributed by atoms with E-state index in [1.807, 2.05) is 0 Å². The van der Waals surface area contributed by atoms with E-state index < -0.39 is 0 Å². The van der Waals surface area contributed by atoms with Crippen molar-refractivity contribution in [2.45, 2.75) is 0 Å². The second-order valence-corrected chi connectivity index (χ2v) is 4.14. The van der Waals surface area contributed by atoms with Crippen molar-refractivity contribution >= 4 is 11.7 Å². The molecule has 0 spiro atoms. The molecule has 0 unspecified atom stereocenters. The standard InChI is InChI=1S/C14H16N4O3/c1-16-14(19)10-7-17-13(18-12(10)15)9-6-8(20-2)4-5-11(9)21-3/h4-7H,1-3H3,(H,16,19)(H2,15,17,18). The smallest absolute Gasteiger partial charge is 0.256 e. The van der Waals surface area contributed by atoms with Crippen LogP contribution in [0.5, 0.6) is 11.5 Å². The predicted octanol–water partition coefficient (Wildman–Crippen LogP) is 1.10. The first-order valence-electron chi connectivity index (χ1n) is 6.17. The highest BCUT2D eigenvalue weighted by Crippen LogP contribution is 2.31. The number of benzene rings is 1. The summed E-state index contributed by atoms with van der Waals surface area (Å²) < 4.78 is 10.5. The van der Waals surface area contributed by atoms with E-state index in [-0.39, 0.29) is 17.3 Å². The van der Waals surface area contributed by atoms with Crippen molar-refractivity contribution in [1.29, 1.82) is 0 Å². The molecule has 7 nitrogen and oxygen atoms in total. The predicted molar refractivity (Wildman–Crippen MR) is 78.4 cm³/mol. The summed E-state index contributed by atoms with van der Waals surface area (Å²) in [6.07, 6.45) is 1.38. The molecule has 7 heteroatoms. The highest BCUT2D eigenvalue weighted by atomic mass is 16.5. The van der Waals surface area contributed by atoms with Gasteiger partial charge in [-0.1, -0.05) is 0 Å². The maximum atomic E-state index is 11.6. The summed E-state index contributed by atoms with van der Waals surface area (Å²) in [6, 6.07) is 5.26. The number of carbonyl (C=O) groups excluding carboxylic acids is 1. The molecule has 2 aromatic rings. The maximum Gasteiger partial charge on any atom is 0.256 e. The SMILES string of the molecule is CNC(=O)c1cnc(-c2cc(OC)ccc2OC)nc1N. The lowest BCUT2D eigenvalue weighted by Gasteiger charge is -2.10. The molecule has 0 radical (unpaired) electrons. The van der Waals surface area contributed by atoms with Gasteiger partial charge in [-0.05, 0) is 18.2 Å². The Bertz CT molecular complexity index is 673. The lowest BCUT2D eigenvalue weighted by molar-refractivity contribution is 0.0963. The average molecular weight is 288 g/mol. The molecule has 0 atom stereocenters. The fourth-order valence-electron chi connectivity index (χ4n) is 1.82. The van der Waals surface area contributed by atoms with E-state index in [4.69, 9.17) is 15.2 Å². The maximum absolute atomic E-state index is 11.6. The van der Waals surface area contributed by atoms with Gasteiger partial charge >= 0.3 is 0 Å². The molecule has 1 aromatic heterocycles. The summed E-state index contributed by atoms with van der Waals surface area (Å²) in [5.74, 6) is 1.35. The number of nitrogens with one attached hydrogen (secondary N) is 1. The molecule has 0 saturated heterocycles. The third-order valence-electron chi connectivity index (χ3n) is 2.94. The molecule has 3 N–H and O–H groups in total. The number of aromatic nitrogens is 2. The number of methoxy groups -OCH3 is 2. The normalized spacial score (nSPS) is 10.0. The summed E-state index contributed by atoms with van der Waals surface area (Å²) in [5, 5.41) is 2.48. The van der Waals surface area contributed by atoms with Crippen molar-refractivity contribution in [3.05, 3.63) is 30.0 Å². The monoisotopic (exact) mass is 288 g/mol. The van der Waals surface area contributed by atoms with Gasteiger partial charge < -0.3 is 20.5 Å². The molecule has 0 fully saturated rings. The number of amides is 1. The molecular weight excluding hydrogens is 272 g/mol. The lowest BCUT2D eigenvalue weighted by Crippen LogP contribution is -2.20. The molecule has 21 heavy (non-hydrogen) atoms. The van der Waals surface area contributed by atoms with Crippen LogP contribution < -0.4 is 20.5 Å². The zero-order chi connectivity index (χ0) is 15.4. The third-order valence-corrected chi connectivity index (χ3v) is 2.94. The zero-order valence-corrected chi connectivity index (χ0v) is 12.0. The Morgan fingerprint density at radius 3 is 2.62 bits per heavy atom. The van der Waals surface area contributed by atoms with E-state index in [2.05, 4.69) is 15.3 Å². The van der Waals surface area contributed by atoms with Crippen LogP contribution in [0, 0.1) is 0 Å². The minimum atomic E-state index is -0.336. The Hall–Kier alpha value is -2.83. The van der Waals surface area contributed by atoms with E-state index in [0.29, 0.717) is 22.9 Å².